The van der Waals surface area contributed by atoms with E-state index >= 15 is 0 Å². The van der Waals surface area contributed by atoms with Gasteiger partial charge in [0.2, 0.25) is 0 Å². The highest BCUT2D eigenvalue weighted by Crippen LogP contribution is 2.47. The largest absolute Gasteiger partial charge is 0.481 e. The highest BCUT2D eigenvalue weighted by Gasteiger charge is 2.40. The minimum atomic E-state index is -1.64. The molecule has 4 N–H and O–H groups in total. The van der Waals surface area contributed by atoms with Crippen molar-refractivity contribution >= 4 is 11.9 Å². The summed E-state index contributed by atoms with van der Waals surface area (Å²) in [5, 5.41) is 18.5. The van der Waals surface area contributed by atoms with Gasteiger partial charge in [-0.25, -0.2) is 0 Å². The predicted molar refractivity (Wildman–Crippen MR) is 90.8 cm³/mol. The number of hydrogen-bond donors (Lipinski definition) is 3. The van der Waals surface area contributed by atoms with Gasteiger partial charge in [0, 0.05) is 23.5 Å². The van der Waals surface area contributed by atoms with E-state index in [4.69, 9.17) is 15.6 Å². The molecule has 0 spiro atoms. The van der Waals surface area contributed by atoms with Crippen LogP contribution in [0.5, 0.6) is 11.5 Å². The lowest BCUT2D eigenvalue weighted by atomic mass is 9.77. The molecule has 0 saturated carbocycles. The Morgan fingerprint density at radius 2 is 1.52 bits per heavy atom. The van der Waals surface area contributed by atoms with Crippen molar-refractivity contribution in [3.8, 4) is 11.5 Å². The van der Waals surface area contributed by atoms with E-state index < -0.39 is 17.5 Å². The van der Waals surface area contributed by atoms with Gasteiger partial charge in [-0.2, -0.15) is 0 Å². The summed E-state index contributed by atoms with van der Waals surface area (Å²) in [6, 6.07) is 14.8. The van der Waals surface area contributed by atoms with Gasteiger partial charge in [0.05, 0.1) is 0 Å². The average Bonchev–Trinajstić information content (AvgIpc) is 2.59. The third-order valence-electron chi connectivity index (χ3n) is 4.59. The van der Waals surface area contributed by atoms with Crippen molar-refractivity contribution < 1.29 is 24.5 Å². The first kappa shape index (κ1) is 17.0. The molecule has 0 radical (unpaired) electrons. The Morgan fingerprint density at radius 1 is 1.00 bits per heavy atom. The van der Waals surface area contributed by atoms with Crippen LogP contribution >= 0.6 is 0 Å². The molecule has 0 fully saturated rings. The van der Waals surface area contributed by atoms with Crippen molar-refractivity contribution in [2.45, 2.75) is 30.7 Å². The number of carboxylic acid groups (broad SMARTS) is 2. The summed E-state index contributed by atoms with van der Waals surface area (Å²) in [6.07, 6.45) is -0.346. The number of carbonyl (C=O) groups is 2. The molecule has 0 amide bonds. The van der Waals surface area contributed by atoms with Gasteiger partial charge in [0.1, 0.15) is 17.0 Å². The Morgan fingerprint density at radius 3 is 2.00 bits per heavy atom. The van der Waals surface area contributed by atoms with Crippen LogP contribution in [-0.4, -0.2) is 27.7 Å². The van der Waals surface area contributed by atoms with Crippen LogP contribution in [0, 0.1) is 0 Å². The van der Waals surface area contributed by atoms with Gasteiger partial charge in [0.15, 0.2) is 0 Å². The first-order valence-corrected chi connectivity index (χ1v) is 8.00. The van der Waals surface area contributed by atoms with E-state index in [2.05, 4.69) is 0 Å². The van der Waals surface area contributed by atoms with Crippen molar-refractivity contribution in [1.82, 2.24) is 0 Å². The number of nitrogens with two attached hydrogens (primary N) is 1. The summed E-state index contributed by atoms with van der Waals surface area (Å²) in [4.78, 5) is 22.7. The Labute approximate surface area is 144 Å². The number of fused-ring (bicyclic) bond motifs is 2. The number of benzene rings is 2. The maximum atomic E-state index is 11.8. The number of hydrogen-bond acceptors (Lipinski definition) is 4. The lowest BCUT2D eigenvalue weighted by molar-refractivity contribution is -0.145. The Bertz CT molecular complexity index is 773. The molecule has 2 aromatic rings. The molecule has 2 aromatic carbocycles. The van der Waals surface area contributed by atoms with E-state index in [1.54, 1.807) is 0 Å². The van der Waals surface area contributed by atoms with E-state index in [9.17, 15) is 14.7 Å². The van der Waals surface area contributed by atoms with E-state index in [1.807, 2.05) is 48.5 Å². The molecule has 1 aliphatic heterocycles. The standard InChI is InChI=1S/C19H19NO5/c20-19(18(23)24,10-9-17(21)22)11-14-12-5-1-3-7-15(12)25-16-8-4-2-6-13(14)16/h1-8,14H,9-11,20H2,(H,21,22)(H,23,24)/t19-/m1/s1. The van der Waals surface area contributed by atoms with Gasteiger partial charge in [-0.3, -0.25) is 9.59 Å². The number of rotatable bonds is 6. The molecule has 0 aliphatic carbocycles. The molecule has 130 valence electrons. The van der Waals surface area contributed by atoms with Crippen LogP contribution in [0.3, 0.4) is 0 Å². The second kappa shape index (κ2) is 6.57. The van der Waals surface area contributed by atoms with Crippen LogP contribution < -0.4 is 10.5 Å². The van der Waals surface area contributed by atoms with Crippen LogP contribution in [0.1, 0.15) is 36.3 Å². The van der Waals surface area contributed by atoms with E-state index in [1.165, 1.54) is 0 Å². The second-order valence-electron chi connectivity index (χ2n) is 6.29. The van der Waals surface area contributed by atoms with Gasteiger partial charge in [-0.05, 0) is 25.0 Å². The normalized spacial score (nSPS) is 15.4. The maximum absolute atomic E-state index is 11.8. The summed E-state index contributed by atoms with van der Waals surface area (Å²) in [5.74, 6) is -1.22. The smallest absolute Gasteiger partial charge is 0.323 e. The van der Waals surface area contributed by atoms with Gasteiger partial charge in [-0.1, -0.05) is 36.4 Å². The lowest BCUT2D eigenvalue weighted by Crippen LogP contribution is -2.49. The molecule has 6 heteroatoms. The summed E-state index contributed by atoms with van der Waals surface area (Å²) in [5.41, 5.74) is 6.20. The summed E-state index contributed by atoms with van der Waals surface area (Å²) in [6.45, 7) is 0. The average molecular weight is 341 g/mol. The van der Waals surface area contributed by atoms with E-state index in [-0.39, 0.29) is 25.2 Å². The van der Waals surface area contributed by atoms with E-state index in [0.29, 0.717) is 11.5 Å². The van der Waals surface area contributed by atoms with Crippen LogP contribution in [0.25, 0.3) is 0 Å². The number of ether oxygens (including phenoxy) is 1. The van der Waals surface area contributed by atoms with Crippen molar-refractivity contribution in [3.63, 3.8) is 0 Å². The second-order valence-corrected chi connectivity index (χ2v) is 6.29. The Balaban J connectivity index is 2.00. The SMILES string of the molecule is N[C@](CCC(=O)O)(CC1c2ccccc2Oc2ccccc21)C(=O)O. The molecule has 1 atom stereocenters. The van der Waals surface area contributed by atoms with Crippen LogP contribution in [0.15, 0.2) is 48.5 Å². The zero-order chi connectivity index (χ0) is 18.0. The zero-order valence-electron chi connectivity index (χ0n) is 13.5. The molecule has 1 heterocycles. The first-order chi connectivity index (χ1) is 11.9. The van der Waals surface area contributed by atoms with Crippen LogP contribution in [0.4, 0.5) is 0 Å². The highest BCUT2D eigenvalue weighted by atomic mass is 16.5. The molecular weight excluding hydrogens is 322 g/mol. The molecule has 25 heavy (non-hydrogen) atoms. The topological polar surface area (TPSA) is 110 Å². The maximum Gasteiger partial charge on any atom is 0.323 e. The van der Waals surface area contributed by atoms with Crippen molar-refractivity contribution in [3.05, 3.63) is 59.7 Å². The zero-order valence-corrected chi connectivity index (χ0v) is 13.5. The quantitative estimate of drug-likeness (QED) is 0.745. The Hall–Kier alpha value is -2.86. The summed E-state index contributed by atoms with van der Waals surface area (Å²) in [7, 11) is 0. The van der Waals surface area contributed by atoms with Crippen molar-refractivity contribution in [2.24, 2.45) is 5.73 Å². The Kier molecular flexibility index (Phi) is 4.46. The third kappa shape index (κ3) is 3.34. The summed E-state index contributed by atoms with van der Waals surface area (Å²) < 4.78 is 5.90. The third-order valence-corrected chi connectivity index (χ3v) is 4.59. The van der Waals surface area contributed by atoms with Gasteiger partial charge >= 0.3 is 11.9 Å². The van der Waals surface area contributed by atoms with Gasteiger partial charge < -0.3 is 20.7 Å². The monoisotopic (exact) mass is 341 g/mol. The molecule has 3 rings (SSSR count). The molecule has 0 unspecified atom stereocenters. The van der Waals surface area contributed by atoms with Crippen molar-refractivity contribution in [2.75, 3.05) is 0 Å². The lowest BCUT2D eigenvalue weighted by Gasteiger charge is -2.33. The van der Waals surface area contributed by atoms with Crippen LogP contribution in [0.2, 0.25) is 0 Å². The summed E-state index contributed by atoms with van der Waals surface area (Å²) >= 11 is 0. The molecule has 6 nitrogen and oxygen atoms in total. The first-order valence-electron chi connectivity index (χ1n) is 8.00. The predicted octanol–water partition coefficient (Wildman–Crippen LogP) is 2.96. The minimum Gasteiger partial charge on any atom is -0.481 e. The van der Waals surface area contributed by atoms with Crippen molar-refractivity contribution in [1.29, 1.82) is 0 Å². The van der Waals surface area contributed by atoms with Crippen LogP contribution in [-0.2, 0) is 9.59 Å². The highest BCUT2D eigenvalue weighted by molar-refractivity contribution is 5.80. The fourth-order valence-corrected chi connectivity index (χ4v) is 3.22. The van der Waals surface area contributed by atoms with Gasteiger partial charge in [-0.15, -0.1) is 0 Å². The molecule has 0 bridgehead atoms. The fourth-order valence-electron chi connectivity index (χ4n) is 3.22. The van der Waals surface area contributed by atoms with E-state index in [0.717, 1.165) is 11.1 Å². The molecule has 1 aliphatic rings. The minimum absolute atomic E-state index is 0.0903. The molecule has 0 saturated heterocycles. The number of para-hydroxylation sites is 2. The number of carboxylic acids is 2. The molecular formula is C19H19NO5. The molecule has 0 aromatic heterocycles. The fraction of sp³-hybridized carbons (Fsp3) is 0.263. The van der Waals surface area contributed by atoms with Gasteiger partial charge in [0.25, 0.3) is 0 Å². The number of aliphatic carboxylic acids is 2.